The molecule has 0 saturated carbocycles. The lowest BCUT2D eigenvalue weighted by atomic mass is 9.82. The Morgan fingerprint density at radius 3 is 2.80 bits per heavy atom. The SMILES string of the molecule is C[C@H]1[C@H]([Si](C)(C)F)[C@@H](CCn2cc(CCO)nn2)O[C@]12C(=O)Nc1ccc(N3C(=O)COc4ccccc43)cc12. The first kappa shape index (κ1) is 26.6. The number of amides is 2. The van der Waals surface area contributed by atoms with E-state index in [2.05, 4.69) is 15.6 Å². The number of aliphatic hydroxyl groups is 1. The summed E-state index contributed by atoms with van der Waals surface area (Å²) in [6.07, 6.45) is 2.08. The number of aliphatic hydroxyl groups excluding tert-OH is 1. The third-order valence-corrected chi connectivity index (χ3v) is 10.7. The lowest BCUT2D eigenvalue weighted by Crippen LogP contribution is -2.42. The summed E-state index contributed by atoms with van der Waals surface area (Å²) in [5, 5.41) is 20.3. The van der Waals surface area contributed by atoms with Gasteiger partial charge in [-0.25, -0.2) is 0 Å². The van der Waals surface area contributed by atoms with E-state index in [0.717, 1.165) is 0 Å². The first-order chi connectivity index (χ1) is 19.1. The molecule has 1 fully saturated rings. The second-order valence-corrected chi connectivity index (χ2v) is 15.0. The van der Waals surface area contributed by atoms with Crippen LogP contribution >= 0.6 is 0 Å². The molecule has 10 nitrogen and oxygen atoms in total. The summed E-state index contributed by atoms with van der Waals surface area (Å²) < 4.78 is 29.9. The largest absolute Gasteiger partial charge is 0.482 e. The molecule has 40 heavy (non-hydrogen) atoms. The van der Waals surface area contributed by atoms with Crippen molar-refractivity contribution < 1.29 is 28.3 Å². The third-order valence-electron chi connectivity index (χ3n) is 8.26. The Bertz CT molecular complexity index is 1480. The zero-order valence-corrected chi connectivity index (χ0v) is 23.6. The summed E-state index contributed by atoms with van der Waals surface area (Å²) in [5.41, 5.74) is 1.23. The van der Waals surface area contributed by atoms with Crippen molar-refractivity contribution in [1.29, 1.82) is 0 Å². The lowest BCUT2D eigenvalue weighted by Gasteiger charge is -2.32. The Hall–Kier alpha value is -3.61. The summed E-state index contributed by atoms with van der Waals surface area (Å²) in [5.74, 6) is -0.406. The molecule has 2 N–H and O–H groups in total. The quantitative estimate of drug-likeness (QED) is 0.331. The van der Waals surface area contributed by atoms with Crippen LogP contribution in [-0.2, 0) is 32.9 Å². The predicted molar refractivity (Wildman–Crippen MR) is 148 cm³/mol. The number of rotatable bonds is 7. The highest BCUT2D eigenvalue weighted by atomic mass is 28.4. The van der Waals surface area contributed by atoms with Gasteiger partial charge in [0.25, 0.3) is 11.8 Å². The van der Waals surface area contributed by atoms with E-state index in [0.29, 0.717) is 53.5 Å². The number of anilines is 3. The van der Waals surface area contributed by atoms with Crippen LogP contribution in [0.1, 0.15) is 24.6 Å². The fourth-order valence-electron chi connectivity index (χ4n) is 6.59. The number of carbonyl (C=O) groups is 2. The van der Waals surface area contributed by atoms with Gasteiger partial charge in [0, 0.05) is 54.2 Å². The highest BCUT2D eigenvalue weighted by Gasteiger charge is 2.65. The molecule has 210 valence electrons. The first-order valence-electron chi connectivity index (χ1n) is 13.5. The molecule has 4 atom stereocenters. The van der Waals surface area contributed by atoms with E-state index < -0.39 is 31.6 Å². The zero-order chi connectivity index (χ0) is 28.2. The number of fused-ring (bicyclic) bond motifs is 3. The normalized spacial score (nSPS) is 25.6. The molecule has 4 heterocycles. The number of nitrogens with zero attached hydrogens (tertiary/aromatic N) is 4. The lowest BCUT2D eigenvalue weighted by molar-refractivity contribution is -0.143. The van der Waals surface area contributed by atoms with Crippen LogP contribution in [0, 0.1) is 5.92 Å². The summed E-state index contributed by atoms with van der Waals surface area (Å²) in [6.45, 7) is 5.52. The van der Waals surface area contributed by atoms with Crippen LogP contribution in [0.2, 0.25) is 18.6 Å². The Morgan fingerprint density at radius 1 is 1.23 bits per heavy atom. The van der Waals surface area contributed by atoms with E-state index >= 15 is 4.11 Å². The molecule has 2 aromatic carbocycles. The average Bonchev–Trinajstić information content (AvgIpc) is 3.57. The maximum absolute atomic E-state index is 15.9. The Morgan fingerprint density at radius 2 is 2.02 bits per heavy atom. The van der Waals surface area contributed by atoms with Crippen LogP contribution in [0.3, 0.4) is 0 Å². The number of aromatic nitrogens is 3. The van der Waals surface area contributed by atoms with Crippen LogP contribution < -0.4 is 15.0 Å². The highest BCUT2D eigenvalue weighted by molar-refractivity contribution is 6.72. The second-order valence-electron chi connectivity index (χ2n) is 11.2. The Balaban J connectivity index is 1.36. The van der Waals surface area contributed by atoms with Crippen LogP contribution in [0.25, 0.3) is 0 Å². The first-order valence-corrected chi connectivity index (χ1v) is 16.5. The maximum Gasteiger partial charge on any atom is 0.269 e. The molecule has 0 radical (unpaired) electrons. The minimum absolute atomic E-state index is 0.0215. The van der Waals surface area contributed by atoms with E-state index in [-0.39, 0.29) is 25.0 Å². The van der Waals surface area contributed by atoms with Gasteiger partial charge in [-0.3, -0.25) is 19.2 Å². The fraction of sp³-hybridized carbons (Fsp3) is 0.429. The molecule has 12 heteroatoms. The van der Waals surface area contributed by atoms with Gasteiger partial charge in [0.05, 0.1) is 17.5 Å². The number of carbonyl (C=O) groups excluding carboxylic acids is 2. The summed E-state index contributed by atoms with van der Waals surface area (Å²) in [4.78, 5) is 28.3. The van der Waals surface area contributed by atoms with Gasteiger partial charge in [0.1, 0.15) is 5.75 Å². The van der Waals surface area contributed by atoms with E-state index in [9.17, 15) is 14.7 Å². The molecular weight excluding hydrogens is 533 g/mol. The van der Waals surface area contributed by atoms with Gasteiger partial charge in [0.15, 0.2) is 12.2 Å². The van der Waals surface area contributed by atoms with Crippen molar-refractivity contribution in [2.75, 3.05) is 23.4 Å². The average molecular weight is 566 g/mol. The number of ether oxygens (including phenoxy) is 2. The van der Waals surface area contributed by atoms with Crippen LogP contribution in [0.15, 0.2) is 48.7 Å². The third kappa shape index (κ3) is 4.21. The van der Waals surface area contributed by atoms with E-state index in [1.807, 2.05) is 37.3 Å². The number of aryl methyl sites for hydroxylation is 1. The number of hydrogen-bond donors (Lipinski definition) is 2. The van der Waals surface area contributed by atoms with Crippen molar-refractivity contribution >= 4 is 37.3 Å². The summed E-state index contributed by atoms with van der Waals surface area (Å²) in [7, 11) is -3.31. The maximum atomic E-state index is 15.9. The number of hydrogen-bond acceptors (Lipinski definition) is 7. The molecule has 1 spiro atoms. The zero-order valence-electron chi connectivity index (χ0n) is 22.6. The van der Waals surface area contributed by atoms with Gasteiger partial charge in [0.2, 0.25) is 8.41 Å². The van der Waals surface area contributed by atoms with Crippen LogP contribution in [-0.4, -0.2) is 59.6 Å². The highest BCUT2D eigenvalue weighted by Crippen LogP contribution is 2.59. The molecule has 3 aliphatic heterocycles. The van der Waals surface area contributed by atoms with Gasteiger partial charge in [-0.1, -0.05) is 24.3 Å². The standard InChI is InChI=1S/C28H32FN5O5Si/c1-17-26(40(2,3)29)24(10-12-33-15-18(11-13-35)31-32-33)39-28(17)20-14-19(8-9-21(20)30-27(28)37)34-22-6-4-5-7-23(22)38-16-25(34)36/h4-9,14-15,17,24,26,35H,10-13,16H2,1-3H3,(H,30,37)/t17-,24+,26-,28+/m0/s1. The van der Waals surface area contributed by atoms with Gasteiger partial charge in [-0.2, -0.15) is 0 Å². The van der Waals surface area contributed by atoms with Crippen LogP contribution in [0.5, 0.6) is 5.75 Å². The monoisotopic (exact) mass is 565 g/mol. The smallest absolute Gasteiger partial charge is 0.269 e. The summed E-state index contributed by atoms with van der Waals surface area (Å²) in [6, 6.07) is 12.7. The van der Waals surface area contributed by atoms with Crippen molar-refractivity contribution in [3.8, 4) is 5.75 Å². The molecule has 0 unspecified atom stereocenters. The van der Waals surface area contributed by atoms with Crippen molar-refractivity contribution in [3.63, 3.8) is 0 Å². The van der Waals surface area contributed by atoms with Crippen molar-refractivity contribution in [2.24, 2.45) is 5.92 Å². The molecule has 1 aromatic heterocycles. The van der Waals surface area contributed by atoms with Crippen LogP contribution in [0.4, 0.5) is 21.2 Å². The second kappa shape index (κ2) is 9.79. The van der Waals surface area contributed by atoms with Crippen molar-refractivity contribution in [2.45, 2.75) is 56.7 Å². The molecule has 3 aromatic rings. The minimum atomic E-state index is -3.31. The summed E-state index contributed by atoms with van der Waals surface area (Å²) >= 11 is 0. The molecule has 3 aliphatic rings. The minimum Gasteiger partial charge on any atom is -0.482 e. The number of halogens is 1. The van der Waals surface area contributed by atoms with Crippen molar-refractivity contribution in [3.05, 3.63) is 59.9 Å². The number of para-hydroxylation sites is 2. The van der Waals surface area contributed by atoms with Gasteiger partial charge in [-0.15, -0.1) is 5.10 Å². The van der Waals surface area contributed by atoms with Gasteiger partial charge in [-0.05, 0) is 49.8 Å². The van der Waals surface area contributed by atoms with E-state index in [1.54, 1.807) is 41.0 Å². The molecule has 2 amide bonds. The molecule has 1 saturated heterocycles. The number of benzene rings is 2. The fourth-order valence-corrected chi connectivity index (χ4v) is 9.13. The van der Waals surface area contributed by atoms with Gasteiger partial charge >= 0.3 is 0 Å². The number of nitrogens with one attached hydrogen (secondary N) is 1. The molecule has 6 rings (SSSR count). The Kier molecular flexibility index (Phi) is 6.51. The molecular formula is C28H32FN5O5Si. The van der Waals surface area contributed by atoms with E-state index in [1.165, 1.54) is 0 Å². The molecule has 0 bridgehead atoms. The predicted octanol–water partition coefficient (Wildman–Crippen LogP) is 3.69. The van der Waals surface area contributed by atoms with Crippen molar-refractivity contribution in [1.82, 2.24) is 15.0 Å². The van der Waals surface area contributed by atoms with Gasteiger partial charge < -0.3 is 24.0 Å². The molecule has 0 aliphatic carbocycles. The Labute approximate surface area is 232 Å². The topological polar surface area (TPSA) is 119 Å². The van der Waals surface area contributed by atoms with E-state index in [4.69, 9.17) is 9.47 Å².